The summed E-state index contributed by atoms with van der Waals surface area (Å²) in [4.78, 5) is 0. The highest BCUT2D eigenvalue weighted by Crippen LogP contribution is 2.38. The lowest BCUT2D eigenvalue weighted by molar-refractivity contribution is -0.0580. The van der Waals surface area contributed by atoms with Crippen LogP contribution in [0.5, 0.6) is 5.75 Å². The Hall–Kier alpha value is -1.28. The second-order valence-corrected chi connectivity index (χ2v) is 8.02. The Morgan fingerprint density at radius 1 is 1.17 bits per heavy atom. The third kappa shape index (κ3) is 4.38. The van der Waals surface area contributed by atoms with Crippen LogP contribution in [0.3, 0.4) is 0 Å². The summed E-state index contributed by atoms with van der Waals surface area (Å²) in [6, 6.07) is 4.93. The molecule has 0 fully saturated rings. The number of rotatable bonds is 3. The van der Waals surface area contributed by atoms with Crippen LogP contribution in [0.4, 0.5) is 13.2 Å². The summed E-state index contributed by atoms with van der Waals surface area (Å²) >= 11 is 0. The van der Waals surface area contributed by atoms with Crippen molar-refractivity contribution in [2.75, 3.05) is 0 Å². The molecule has 2 rings (SSSR count). The molecule has 0 saturated carbocycles. The first-order valence-electron chi connectivity index (χ1n) is 7.20. The van der Waals surface area contributed by atoms with Crippen LogP contribution in [0.1, 0.15) is 50.8 Å². The van der Waals surface area contributed by atoms with Crippen molar-refractivity contribution < 1.29 is 30.5 Å². The SMILES string of the molecule is CC(C)(C)Oc1ccc2c(c1)CCCC2OS(=O)(=O)C(F)(F)F. The average molecular weight is 352 g/mol. The summed E-state index contributed by atoms with van der Waals surface area (Å²) in [7, 11) is -5.61. The highest BCUT2D eigenvalue weighted by atomic mass is 32.2. The second-order valence-electron chi connectivity index (χ2n) is 6.45. The zero-order chi connectivity index (χ0) is 17.5. The van der Waals surface area contributed by atoms with E-state index in [2.05, 4.69) is 4.18 Å². The number of alkyl halides is 3. The fourth-order valence-corrected chi connectivity index (χ4v) is 3.09. The summed E-state index contributed by atoms with van der Waals surface area (Å²) in [5.41, 5.74) is -4.61. The Morgan fingerprint density at radius 2 is 1.83 bits per heavy atom. The molecule has 8 heteroatoms. The normalized spacial score (nSPS) is 19.3. The summed E-state index contributed by atoms with van der Waals surface area (Å²) in [6.07, 6.45) is 0.295. The predicted molar refractivity (Wildman–Crippen MR) is 78.6 cm³/mol. The molecule has 0 saturated heterocycles. The van der Waals surface area contributed by atoms with E-state index in [0.717, 1.165) is 5.56 Å². The Bertz CT molecular complexity index is 675. The van der Waals surface area contributed by atoms with Crippen LogP contribution < -0.4 is 4.74 Å². The molecule has 0 spiro atoms. The van der Waals surface area contributed by atoms with Crippen LogP contribution in [-0.2, 0) is 20.7 Å². The van der Waals surface area contributed by atoms with Crippen molar-refractivity contribution >= 4 is 10.1 Å². The van der Waals surface area contributed by atoms with E-state index in [1.54, 1.807) is 18.2 Å². The van der Waals surface area contributed by atoms with Gasteiger partial charge in [-0.2, -0.15) is 21.6 Å². The van der Waals surface area contributed by atoms with Gasteiger partial charge in [-0.25, -0.2) is 0 Å². The fraction of sp³-hybridized carbons (Fsp3) is 0.600. The molecule has 0 aliphatic heterocycles. The van der Waals surface area contributed by atoms with E-state index in [-0.39, 0.29) is 6.42 Å². The first-order chi connectivity index (χ1) is 10.4. The lowest BCUT2D eigenvalue weighted by Crippen LogP contribution is -2.28. The van der Waals surface area contributed by atoms with E-state index >= 15 is 0 Å². The zero-order valence-corrected chi connectivity index (χ0v) is 13.9. The molecule has 0 aromatic heterocycles. The molecule has 1 aromatic rings. The largest absolute Gasteiger partial charge is 0.523 e. The van der Waals surface area contributed by atoms with Crippen molar-refractivity contribution in [2.24, 2.45) is 0 Å². The standard InChI is InChI=1S/C15H19F3O4S/c1-14(2,3)21-11-7-8-12-10(9-11)5-4-6-13(12)22-23(19,20)15(16,17)18/h7-9,13H,4-6H2,1-3H3. The van der Waals surface area contributed by atoms with E-state index in [9.17, 15) is 21.6 Å². The van der Waals surface area contributed by atoms with Crippen molar-refractivity contribution in [2.45, 2.75) is 57.2 Å². The minimum atomic E-state index is -5.61. The van der Waals surface area contributed by atoms with Crippen LogP contribution in [0, 0.1) is 0 Å². The van der Waals surface area contributed by atoms with Gasteiger partial charge in [0.15, 0.2) is 0 Å². The monoisotopic (exact) mass is 352 g/mol. The van der Waals surface area contributed by atoms with Crippen molar-refractivity contribution in [3.05, 3.63) is 29.3 Å². The number of hydrogen-bond acceptors (Lipinski definition) is 4. The van der Waals surface area contributed by atoms with Gasteiger partial charge in [-0.05, 0) is 63.3 Å². The molecule has 4 nitrogen and oxygen atoms in total. The molecule has 0 N–H and O–H groups in total. The molecule has 1 aliphatic carbocycles. The minimum Gasteiger partial charge on any atom is -0.488 e. The highest BCUT2D eigenvalue weighted by molar-refractivity contribution is 7.87. The van der Waals surface area contributed by atoms with Crippen LogP contribution >= 0.6 is 0 Å². The number of halogens is 3. The number of aryl methyl sites for hydroxylation is 1. The first-order valence-corrected chi connectivity index (χ1v) is 8.61. The first kappa shape index (κ1) is 18.1. The molecule has 23 heavy (non-hydrogen) atoms. The number of ether oxygens (including phenoxy) is 1. The number of benzene rings is 1. The summed E-state index contributed by atoms with van der Waals surface area (Å²) < 4.78 is 70.0. The molecule has 0 amide bonds. The predicted octanol–water partition coefficient (Wildman–Crippen LogP) is 4.11. The van der Waals surface area contributed by atoms with Gasteiger partial charge in [-0.3, -0.25) is 4.18 Å². The Kier molecular flexibility index (Phi) is 4.69. The molecule has 130 valence electrons. The third-order valence-electron chi connectivity index (χ3n) is 3.32. The van der Waals surface area contributed by atoms with Crippen LogP contribution in [0.15, 0.2) is 18.2 Å². The van der Waals surface area contributed by atoms with E-state index in [4.69, 9.17) is 4.74 Å². The van der Waals surface area contributed by atoms with Crippen molar-refractivity contribution in [1.82, 2.24) is 0 Å². The summed E-state index contributed by atoms with van der Waals surface area (Å²) in [6.45, 7) is 5.65. The molecule has 0 radical (unpaired) electrons. The second kappa shape index (κ2) is 5.98. The quantitative estimate of drug-likeness (QED) is 0.607. The number of hydrogen-bond donors (Lipinski definition) is 0. The lowest BCUT2D eigenvalue weighted by Gasteiger charge is -2.27. The summed E-state index contributed by atoms with van der Waals surface area (Å²) in [5.74, 6) is 0.593. The minimum absolute atomic E-state index is 0.224. The number of fused-ring (bicyclic) bond motifs is 1. The third-order valence-corrected chi connectivity index (χ3v) is 4.38. The zero-order valence-electron chi connectivity index (χ0n) is 13.1. The van der Waals surface area contributed by atoms with Crippen molar-refractivity contribution in [1.29, 1.82) is 0 Å². The van der Waals surface area contributed by atoms with Crippen LogP contribution in [-0.4, -0.2) is 19.5 Å². The molecule has 1 atom stereocenters. The van der Waals surface area contributed by atoms with E-state index in [0.29, 0.717) is 24.2 Å². The highest BCUT2D eigenvalue weighted by Gasteiger charge is 2.49. The molecule has 1 aliphatic rings. The Balaban J connectivity index is 2.27. The summed E-state index contributed by atoms with van der Waals surface area (Å²) in [5, 5.41) is 0. The van der Waals surface area contributed by atoms with Gasteiger partial charge in [0.2, 0.25) is 0 Å². The topological polar surface area (TPSA) is 52.6 Å². The van der Waals surface area contributed by atoms with Gasteiger partial charge < -0.3 is 4.74 Å². The molecule has 0 bridgehead atoms. The molecule has 1 aromatic carbocycles. The van der Waals surface area contributed by atoms with E-state index in [1.807, 2.05) is 20.8 Å². The Morgan fingerprint density at radius 3 is 2.39 bits per heavy atom. The van der Waals surface area contributed by atoms with Gasteiger partial charge >= 0.3 is 15.6 Å². The average Bonchev–Trinajstić information content (AvgIpc) is 2.35. The molecular formula is C15H19F3O4S. The molecule has 1 unspecified atom stereocenters. The molecular weight excluding hydrogens is 333 g/mol. The van der Waals surface area contributed by atoms with Gasteiger partial charge in [0.1, 0.15) is 17.5 Å². The van der Waals surface area contributed by atoms with Crippen molar-refractivity contribution in [3.8, 4) is 5.75 Å². The van der Waals surface area contributed by atoms with Gasteiger partial charge in [-0.15, -0.1) is 0 Å². The van der Waals surface area contributed by atoms with Gasteiger partial charge in [-0.1, -0.05) is 6.07 Å². The smallest absolute Gasteiger partial charge is 0.488 e. The lowest BCUT2D eigenvalue weighted by atomic mass is 9.89. The maximum Gasteiger partial charge on any atom is 0.523 e. The van der Waals surface area contributed by atoms with E-state index in [1.165, 1.54) is 0 Å². The van der Waals surface area contributed by atoms with Gasteiger partial charge in [0.05, 0.1) is 0 Å². The van der Waals surface area contributed by atoms with Gasteiger partial charge in [0.25, 0.3) is 0 Å². The Labute approximate surface area is 133 Å². The maximum atomic E-state index is 12.5. The van der Waals surface area contributed by atoms with Crippen LogP contribution in [0.2, 0.25) is 0 Å². The van der Waals surface area contributed by atoms with Crippen LogP contribution in [0.25, 0.3) is 0 Å². The van der Waals surface area contributed by atoms with Crippen molar-refractivity contribution in [3.63, 3.8) is 0 Å². The fourth-order valence-electron chi connectivity index (χ4n) is 2.47. The maximum absolute atomic E-state index is 12.5. The van der Waals surface area contributed by atoms with E-state index < -0.39 is 27.3 Å². The van der Waals surface area contributed by atoms with Gasteiger partial charge in [0, 0.05) is 0 Å². The molecule has 0 heterocycles.